The van der Waals surface area contributed by atoms with Gasteiger partial charge in [0.05, 0.1) is 0 Å². The van der Waals surface area contributed by atoms with Gasteiger partial charge in [0.1, 0.15) is 0 Å². The Hall–Kier alpha value is -0.810. The summed E-state index contributed by atoms with van der Waals surface area (Å²) in [5.41, 5.74) is 0. The molecule has 1 N–H and O–H groups in total. The fraction of sp³-hybridized carbons (Fsp3) is 0.800. The van der Waals surface area contributed by atoms with E-state index in [1.165, 1.54) is 13.8 Å². The zero-order chi connectivity index (χ0) is 8.15. The molecule has 2 unspecified atom stereocenters. The number of carbonyl (C=O) groups is 1. The van der Waals surface area contributed by atoms with Crippen molar-refractivity contribution >= 4 is 6.16 Å². The Morgan fingerprint density at radius 3 is 2.30 bits per heavy atom. The predicted molar refractivity (Wildman–Crippen MR) is 29.4 cm³/mol. The van der Waals surface area contributed by atoms with Crippen LogP contribution in [0.4, 0.5) is 4.79 Å². The van der Waals surface area contributed by atoms with E-state index in [-0.39, 0.29) is 0 Å². The summed E-state index contributed by atoms with van der Waals surface area (Å²) < 4.78 is 8.46. The summed E-state index contributed by atoms with van der Waals surface area (Å²) in [5, 5.41) is 18.2. The molecule has 0 spiro atoms. The van der Waals surface area contributed by atoms with Crippen molar-refractivity contribution in [3.63, 3.8) is 0 Å². The Balaban J connectivity index is 3.43. The monoisotopic (exact) mass is 149 g/mol. The van der Waals surface area contributed by atoms with Crippen molar-refractivity contribution in [3.8, 4) is 0 Å². The van der Waals surface area contributed by atoms with Gasteiger partial charge in [-0.2, -0.15) is 9.90 Å². The van der Waals surface area contributed by atoms with Gasteiger partial charge in [0, 0.05) is 0 Å². The zero-order valence-electron chi connectivity index (χ0n) is 5.73. The molecule has 5 heteroatoms. The molecule has 0 saturated carbocycles. The first-order valence-electron chi connectivity index (χ1n) is 2.73. The van der Waals surface area contributed by atoms with Gasteiger partial charge < -0.3 is 14.6 Å². The summed E-state index contributed by atoms with van der Waals surface area (Å²) in [6, 6.07) is 0. The second-order valence-corrected chi connectivity index (χ2v) is 1.67. The number of rotatable bonds is 3. The van der Waals surface area contributed by atoms with Crippen molar-refractivity contribution in [2.45, 2.75) is 26.4 Å². The molecule has 0 aliphatic heterocycles. The molecule has 0 bridgehead atoms. The molecule has 10 heavy (non-hydrogen) atoms. The minimum absolute atomic E-state index is 0.995. The van der Waals surface area contributed by atoms with Crippen LogP contribution in [0.5, 0.6) is 0 Å². The van der Waals surface area contributed by atoms with Gasteiger partial charge in [-0.3, -0.25) is 0 Å². The molecule has 1 radical (unpaired) electrons. The minimum Gasteiger partial charge on any atom is -0.402 e. The smallest absolute Gasteiger partial charge is 0.402 e. The van der Waals surface area contributed by atoms with Crippen LogP contribution in [0.2, 0.25) is 0 Å². The summed E-state index contributed by atoms with van der Waals surface area (Å²) in [4.78, 5) is 9.70. The van der Waals surface area contributed by atoms with Crippen LogP contribution in [0.15, 0.2) is 0 Å². The van der Waals surface area contributed by atoms with Crippen molar-refractivity contribution in [3.05, 3.63) is 0 Å². The third-order valence-corrected chi connectivity index (χ3v) is 0.651. The summed E-state index contributed by atoms with van der Waals surface area (Å²) >= 11 is 0. The average molecular weight is 149 g/mol. The number of aliphatic hydroxyl groups is 1. The van der Waals surface area contributed by atoms with Crippen LogP contribution in [-0.2, 0) is 14.6 Å². The van der Waals surface area contributed by atoms with Crippen LogP contribution in [-0.4, -0.2) is 23.8 Å². The first-order chi connectivity index (χ1) is 4.52. The predicted octanol–water partition coefficient (Wildman–Crippen LogP) is 0.254. The Kier molecular flexibility index (Phi) is 3.75. The third-order valence-electron chi connectivity index (χ3n) is 0.651. The highest BCUT2D eigenvalue weighted by molar-refractivity contribution is 5.56. The molecule has 0 amide bonds. The number of hydrogen-bond acceptors (Lipinski definition) is 4. The average Bonchev–Trinajstić information content (AvgIpc) is 1.58. The molecule has 0 aromatic heterocycles. The molecular formula is C5H9O5. The Morgan fingerprint density at radius 2 is 2.00 bits per heavy atom. The molecule has 59 valence electrons. The van der Waals surface area contributed by atoms with Crippen molar-refractivity contribution in [2.75, 3.05) is 0 Å². The lowest BCUT2D eigenvalue weighted by Crippen LogP contribution is -2.21. The zero-order valence-corrected chi connectivity index (χ0v) is 5.73. The van der Waals surface area contributed by atoms with Crippen LogP contribution >= 0.6 is 0 Å². The van der Waals surface area contributed by atoms with Crippen molar-refractivity contribution in [1.82, 2.24) is 0 Å². The van der Waals surface area contributed by atoms with Crippen molar-refractivity contribution in [2.24, 2.45) is 0 Å². The lowest BCUT2D eigenvalue weighted by Gasteiger charge is -2.12. The lowest BCUT2D eigenvalue weighted by atomic mass is 10.7. The van der Waals surface area contributed by atoms with Gasteiger partial charge in [-0.25, -0.2) is 0 Å². The van der Waals surface area contributed by atoms with E-state index in [0.29, 0.717) is 0 Å². The summed E-state index contributed by atoms with van der Waals surface area (Å²) in [6.07, 6.45) is -3.72. The summed E-state index contributed by atoms with van der Waals surface area (Å²) in [6.45, 7) is 2.68. The van der Waals surface area contributed by atoms with E-state index >= 15 is 0 Å². The molecule has 0 rings (SSSR count). The van der Waals surface area contributed by atoms with Crippen LogP contribution < -0.4 is 0 Å². The van der Waals surface area contributed by atoms with E-state index in [2.05, 4.69) is 9.47 Å². The summed E-state index contributed by atoms with van der Waals surface area (Å²) in [7, 11) is 0. The number of aliphatic hydroxyl groups excluding tert-OH is 1. The highest BCUT2D eigenvalue weighted by Crippen LogP contribution is 1.96. The van der Waals surface area contributed by atoms with Crippen molar-refractivity contribution < 1.29 is 24.5 Å². The van der Waals surface area contributed by atoms with Crippen LogP contribution in [0.1, 0.15) is 13.8 Å². The van der Waals surface area contributed by atoms with Crippen LogP contribution in [0.25, 0.3) is 0 Å². The summed E-state index contributed by atoms with van der Waals surface area (Å²) in [5.74, 6) is 0. The van der Waals surface area contributed by atoms with Gasteiger partial charge in [-0.05, 0) is 13.8 Å². The van der Waals surface area contributed by atoms with E-state index in [1.54, 1.807) is 0 Å². The molecule has 0 fully saturated rings. The maximum atomic E-state index is 9.70. The van der Waals surface area contributed by atoms with Gasteiger partial charge in [-0.1, -0.05) is 0 Å². The molecule has 0 aromatic rings. The molecule has 0 aliphatic carbocycles. The maximum absolute atomic E-state index is 9.70. The second-order valence-electron chi connectivity index (χ2n) is 1.67. The fourth-order valence-corrected chi connectivity index (χ4v) is 0.441. The minimum atomic E-state index is -1.67. The highest BCUT2D eigenvalue weighted by Gasteiger charge is 2.10. The first kappa shape index (κ1) is 9.19. The molecule has 2 atom stereocenters. The standard InChI is InChI=1S/C5H9O5/c1-3(6)9-4(2)10-5(7)8/h3-4,6H,1-2H3. The first-order valence-corrected chi connectivity index (χ1v) is 2.73. The molecule has 0 saturated heterocycles. The quantitative estimate of drug-likeness (QED) is 0.461. The van der Waals surface area contributed by atoms with Gasteiger partial charge in [0.15, 0.2) is 6.29 Å². The Bertz CT molecular complexity index is 111. The third kappa shape index (κ3) is 5.33. The number of carbonyl (C=O) groups excluding carboxylic acids is 1. The van der Waals surface area contributed by atoms with E-state index in [9.17, 15) is 9.90 Å². The number of ether oxygens (including phenoxy) is 2. The van der Waals surface area contributed by atoms with Gasteiger partial charge in [0.25, 0.3) is 0 Å². The number of hydrogen-bond donors (Lipinski definition) is 1. The molecule has 5 nitrogen and oxygen atoms in total. The SMILES string of the molecule is CC(O)OC(C)OC([O])=O. The second kappa shape index (κ2) is 4.08. The largest absolute Gasteiger partial charge is 0.552 e. The topological polar surface area (TPSA) is 75.7 Å². The van der Waals surface area contributed by atoms with Crippen LogP contribution in [0, 0.1) is 0 Å². The molecule has 0 aliphatic rings. The normalized spacial score (nSPS) is 15.9. The van der Waals surface area contributed by atoms with E-state index in [1.807, 2.05) is 0 Å². The fourth-order valence-electron chi connectivity index (χ4n) is 0.441. The Morgan fingerprint density at radius 1 is 1.50 bits per heavy atom. The van der Waals surface area contributed by atoms with Crippen molar-refractivity contribution in [1.29, 1.82) is 0 Å². The van der Waals surface area contributed by atoms with Gasteiger partial charge in [-0.15, -0.1) is 0 Å². The molecular weight excluding hydrogens is 140 g/mol. The van der Waals surface area contributed by atoms with E-state index < -0.39 is 18.7 Å². The maximum Gasteiger partial charge on any atom is 0.552 e. The van der Waals surface area contributed by atoms with Gasteiger partial charge >= 0.3 is 6.16 Å². The highest BCUT2D eigenvalue weighted by atomic mass is 16.8. The van der Waals surface area contributed by atoms with Gasteiger partial charge in [0.2, 0.25) is 6.29 Å². The Labute approximate surface area is 58.2 Å². The lowest BCUT2D eigenvalue weighted by molar-refractivity contribution is -0.197. The molecule has 0 aromatic carbocycles. The molecule has 0 heterocycles. The van der Waals surface area contributed by atoms with E-state index in [0.717, 1.165) is 0 Å². The van der Waals surface area contributed by atoms with Crippen LogP contribution in [0.3, 0.4) is 0 Å². The van der Waals surface area contributed by atoms with E-state index in [4.69, 9.17) is 5.11 Å².